The van der Waals surface area contributed by atoms with Crippen molar-refractivity contribution in [3.05, 3.63) is 0 Å². The number of carboxylic acids is 1. The monoisotopic (exact) mass is 550 g/mol. The van der Waals surface area contributed by atoms with E-state index in [1.165, 1.54) is 0 Å². The Kier molecular flexibility index (Phi) is 20.7. The minimum Gasteiger partial charge on any atom is -0.480 e. The molecule has 0 aliphatic heterocycles. The molecular formula is C18H29Br2ClO7. The van der Waals surface area contributed by atoms with Crippen LogP contribution in [-0.4, -0.2) is 51.1 Å². The van der Waals surface area contributed by atoms with E-state index in [0.29, 0.717) is 51.7 Å². The van der Waals surface area contributed by atoms with Crippen molar-refractivity contribution < 1.29 is 33.8 Å². The van der Waals surface area contributed by atoms with E-state index in [-0.39, 0.29) is 22.0 Å². The smallest absolute Gasteiger partial charge is 0.317 e. The third kappa shape index (κ3) is 20.1. The molecule has 0 aromatic rings. The van der Waals surface area contributed by atoms with Gasteiger partial charge in [-0.05, 0) is 51.1 Å². The van der Waals surface area contributed by atoms with Gasteiger partial charge in [0.15, 0.2) is 0 Å². The van der Waals surface area contributed by atoms with Crippen LogP contribution in [-0.2, 0) is 28.7 Å². The summed E-state index contributed by atoms with van der Waals surface area (Å²) in [4.78, 5) is 41.9. The maximum Gasteiger partial charge on any atom is 0.317 e. The van der Waals surface area contributed by atoms with Crippen LogP contribution in [0.3, 0.4) is 0 Å². The molecule has 0 spiro atoms. The Morgan fingerprint density at radius 2 is 1.21 bits per heavy atom. The largest absolute Gasteiger partial charge is 0.480 e. The third-order valence-electron chi connectivity index (χ3n) is 3.30. The number of carboxylic acid groups (broad SMARTS) is 1. The first-order valence-corrected chi connectivity index (χ1v) is 11.4. The van der Waals surface area contributed by atoms with Crippen LogP contribution in [0.4, 0.5) is 0 Å². The average Bonchev–Trinajstić information content (AvgIpc) is 2.62. The number of hydrogen-bond donors (Lipinski definition) is 1. The van der Waals surface area contributed by atoms with Gasteiger partial charge in [0.2, 0.25) is 5.24 Å². The molecule has 0 rings (SSSR count). The number of rotatable bonds is 14. The number of aliphatic carboxylic acids is 1. The lowest BCUT2D eigenvalue weighted by Gasteiger charge is -2.04. The lowest BCUT2D eigenvalue weighted by atomic mass is 10.1. The highest BCUT2D eigenvalue weighted by molar-refractivity contribution is 9.10. The molecule has 0 saturated heterocycles. The number of carbonyl (C=O) groups is 4. The Morgan fingerprint density at radius 3 is 1.54 bits per heavy atom. The van der Waals surface area contributed by atoms with E-state index in [1.807, 2.05) is 0 Å². The molecule has 0 aromatic carbocycles. The highest BCUT2D eigenvalue weighted by atomic mass is 79.9. The Labute approximate surface area is 188 Å². The summed E-state index contributed by atoms with van der Waals surface area (Å²) in [6.45, 7) is 4.35. The standard InChI is InChI=1S/C9H14BrClO3.C9H15BrO4/c1-2-14-8(12)6-4-3-5-7(10)9(11)13;1-2-14-8(11)6-4-3-5-7(10)9(12)13/h7H,2-6H2,1H3;7H,2-6H2,1H3,(H,12,13). The molecule has 0 saturated carbocycles. The molecule has 0 radical (unpaired) electrons. The van der Waals surface area contributed by atoms with E-state index >= 15 is 0 Å². The first-order chi connectivity index (χ1) is 13.1. The van der Waals surface area contributed by atoms with E-state index in [0.717, 1.165) is 12.8 Å². The first-order valence-electron chi connectivity index (χ1n) is 9.17. The number of alkyl halides is 2. The zero-order valence-electron chi connectivity index (χ0n) is 16.3. The van der Waals surface area contributed by atoms with Gasteiger partial charge in [-0.15, -0.1) is 0 Å². The Hall–Kier alpha value is -0.670. The molecule has 1 N–H and O–H groups in total. The first kappa shape index (κ1) is 29.5. The van der Waals surface area contributed by atoms with Crippen molar-refractivity contribution >= 4 is 66.6 Å². The van der Waals surface area contributed by atoms with E-state index in [4.69, 9.17) is 26.2 Å². The summed E-state index contributed by atoms with van der Waals surface area (Å²) in [5, 5.41) is 8.15. The molecule has 0 bridgehead atoms. The fourth-order valence-electron chi connectivity index (χ4n) is 1.89. The van der Waals surface area contributed by atoms with E-state index in [2.05, 4.69) is 31.9 Å². The summed E-state index contributed by atoms with van der Waals surface area (Å²) < 4.78 is 9.48. The van der Waals surface area contributed by atoms with Gasteiger partial charge in [0.25, 0.3) is 0 Å². The highest BCUT2D eigenvalue weighted by Gasteiger charge is 2.12. The summed E-state index contributed by atoms with van der Waals surface area (Å²) in [6, 6.07) is 0. The fraction of sp³-hybridized carbons (Fsp3) is 0.778. The van der Waals surface area contributed by atoms with Crippen LogP contribution in [0.5, 0.6) is 0 Å². The number of ether oxygens (including phenoxy) is 2. The second-order valence-electron chi connectivity index (χ2n) is 5.68. The maximum atomic E-state index is 10.9. The minimum atomic E-state index is -0.860. The number of halogens is 3. The number of esters is 2. The highest BCUT2D eigenvalue weighted by Crippen LogP contribution is 2.14. The lowest BCUT2D eigenvalue weighted by Crippen LogP contribution is -2.12. The Balaban J connectivity index is 0. The Bertz CT molecular complexity index is 433. The van der Waals surface area contributed by atoms with Crippen molar-refractivity contribution in [2.45, 2.75) is 74.9 Å². The summed E-state index contributed by atoms with van der Waals surface area (Å²) in [6.07, 6.45) is 4.86. The van der Waals surface area contributed by atoms with E-state index in [9.17, 15) is 19.2 Å². The molecule has 0 amide bonds. The molecule has 0 aromatic heterocycles. The van der Waals surface area contributed by atoms with Gasteiger partial charge >= 0.3 is 17.9 Å². The van der Waals surface area contributed by atoms with Crippen molar-refractivity contribution in [2.24, 2.45) is 0 Å². The van der Waals surface area contributed by atoms with Crippen LogP contribution in [0, 0.1) is 0 Å². The summed E-state index contributed by atoms with van der Waals surface area (Å²) in [7, 11) is 0. The molecular weight excluding hydrogens is 523 g/mol. The van der Waals surface area contributed by atoms with Crippen LogP contribution < -0.4 is 0 Å². The minimum absolute atomic E-state index is 0.184. The predicted molar refractivity (Wildman–Crippen MR) is 114 cm³/mol. The summed E-state index contributed by atoms with van der Waals surface area (Å²) in [5.41, 5.74) is 0. The SMILES string of the molecule is CCOC(=O)CCCCC(Br)C(=O)Cl.CCOC(=O)CCCCC(Br)C(=O)O. The topological polar surface area (TPSA) is 107 Å². The van der Waals surface area contributed by atoms with Crippen molar-refractivity contribution in [3.63, 3.8) is 0 Å². The summed E-state index contributed by atoms with van der Waals surface area (Å²) in [5.74, 6) is -1.26. The quantitative estimate of drug-likeness (QED) is 0.145. The molecule has 0 fully saturated rings. The van der Waals surface area contributed by atoms with Crippen molar-refractivity contribution in [1.82, 2.24) is 0 Å². The van der Waals surface area contributed by atoms with Crippen molar-refractivity contribution in [1.29, 1.82) is 0 Å². The van der Waals surface area contributed by atoms with Gasteiger partial charge in [-0.3, -0.25) is 19.2 Å². The van der Waals surface area contributed by atoms with E-state index in [1.54, 1.807) is 13.8 Å². The molecule has 2 unspecified atom stereocenters. The van der Waals surface area contributed by atoms with Gasteiger partial charge in [0, 0.05) is 12.8 Å². The van der Waals surface area contributed by atoms with Crippen LogP contribution in [0.2, 0.25) is 0 Å². The summed E-state index contributed by atoms with van der Waals surface area (Å²) >= 11 is 11.4. The van der Waals surface area contributed by atoms with E-state index < -0.39 is 10.8 Å². The molecule has 28 heavy (non-hydrogen) atoms. The molecule has 0 heterocycles. The predicted octanol–water partition coefficient (Wildman–Crippen LogP) is 4.60. The van der Waals surface area contributed by atoms with Gasteiger partial charge in [-0.1, -0.05) is 44.7 Å². The van der Waals surface area contributed by atoms with Gasteiger partial charge in [0.05, 0.1) is 18.0 Å². The molecule has 0 aliphatic rings. The van der Waals surface area contributed by atoms with Crippen LogP contribution in [0.1, 0.15) is 65.2 Å². The molecule has 2 atom stereocenters. The number of carbonyl (C=O) groups excluding carboxylic acids is 3. The molecule has 7 nitrogen and oxygen atoms in total. The molecule has 164 valence electrons. The fourth-order valence-corrected chi connectivity index (χ4v) is 2.65. The third-order valence-corrected chi connectivity index (χ3v) is 5.55. The van der Waals surface area contributed by atoms with Gasteiger partial charge in [-0.25, -0.2) is 0 Å². The normalized spacial score (nSPS) is 12.2. The lowest BCUT2D eigenvalue weighted by molar-refractivity contribution is -0.144. The van der Waals surface area contributed by atoms with Crippen molar-refractivity contribution in [2.75, 3.05) is 13.2 Å². The maximum absolute atomic E-state index is 10.9. The van der Waals surface area contributed by atoms with Crippen LogP contribution >= 0.6 is 43.5 Å². The van der Waals surface area contributed by atoms with Crippen LogP contribution in [0.15, 0.2) is 0 Å². The zero-order chi connectivity index (χ0) is 21.9. The van der Waals surface area contributed by atoms with Crippen LogP contribution in [0.25, 0.3) is 0 Å². The molecule has 0 aliphatic carbocycles. The number of unbranched alkanes of at least 4 members (excludes halogenated alkanes) is 2. The molecule has 10 heteroatoms. The van der Waals surface area contributed by atoms with Crippen molar-refractivity contribution in [3.8, 4) is 0 Å². The zero-order valence-corrected chi connectivity index (χ0v) is 20.2. The average molecular weight is 553 g/mol. The second kappa shape index (κ2) is 19.6. The van der Waals surface area contributed by atoms with Gasteiger partial charge in [0.1, 0.15) is 4.83 Å². The van der Waals surface area contributed by atoms with Gasteiger partial charge < -0.3 is 14.6 Å². The van der Waals surface area contributed by atoms with Gasteiger partial charge in [-0.2, -0.15) is 0 Å². The second-order valence-corrected chi connectivity index (χ2v) is 8.26. The Morgan fingerprint density at radius 1 is 0.821 bits per heavy atom. The number of hydrogen-bond acceptors (Lipinski definition) is 6.